The maximum atomic E-state index is 5.33. The molecule has 102 valence electrons. The molecule has 0 amide bonds. The molecule has 0 radical (unpaired) electrons. The third-order valence-electron chi connectivity index (χ3n) is 3.39. The summed E-state index contributed by atoms with van der Waals surface area (Å²) in [4.78, 5) is 6.91. The van der Waals surface area contributed by atoms with Crippen molar-refractivity contribution in [1.29, 1.82) is 0 Å². The first kappa shape index (κ1) is 13.5. The van der Waals surface area contributed by atoms with Crippen molar-refractivity contribution < 1.29 is 4.52 Å². The van der Waals surface area contributed by atoms with Crippen LogP contribution in [0.1, 0.15) is 44.8 Å². The van der Waals surface area contributed by atoms with Gasteiger partial charge in [-0.3, -0.25) is 4.90 Å². The molecule has 1 aliphatic rings. The Kier molecular flexibility index (Phi) is 5.13. The van der Waals surface area contributed by atoms with Crippen LogP contribution < -0.4 is 5.32 Å². The maximum Gasteiger partial charge on any atom is 0.240 e. The molecule has 1 aromatic heterocycles. The van der Waals surface area contributed by atoms with Crippen LogP contribution in [0.15, 0.2) is 4.52 Å². The van der Waals surface area contributed by atoms with Crippen LogP contribution >= 0.6 is 0 Å². The molecule has 5 heteroatoms. The lowest BCUT2D eigenvalue weighted by molar-refractivity contribution is 0.122. The van der Waals surface area contributed by atoms with E-state index in [9.17, 15) is 0 Å². The predicted molar refractivity (Wildman–Crippen MR) is 70.3 cm³/mol. The third-order valence-corrected chi connectivity index (χ3v) is 3.39. The van der Waals surface area contributed by atoms with Gasteiger partial charge in [0.15, 0.2) is 5.82 Å². The first-order chi connectivity index (χ1) is 8.83. The Morgan fingerprint density at radius 2 is 2.17 bits per heavy atom. The molecule has 0 saturated carbocycles. The lowest BCUT2D eigenvalue weighted by Gasteiger charge is -2.37. The van der Waals surface area contributed by atoms with Gasteiger partial charge >= 0.3 is 0 Å². The van der Waals surface area contributed by atoms with Crippen LogP contribution in [0.5, 0.6) is 0 Å². The average Bonchev–Trinajstić information content (AvgIpc) is 2.72. The zero-order valence-electron chi connectivity index (χ0n) is 11.5. The summed E-state index contributed by atoms with van der Waals surface area (Å²) in [7, 11) is 0. The Hall–Kier alpha value is -0.940. The Balaban J connectivity index is 1.87. The first-order valence-corrected chi connectivity index (χ1v) is 7.09. The van der Waals surface area contributed by atoms with E-state index in [4.69, 9.17) is 4.52 Å². The smallest absolute Gasteiger partial charge is 0.240 e. The minimum atomic E-state index is 0.635. The van der Waals surface area contributed by atoms with E-state index in [1.807, 2.05) is 0 Å². The van der Waals surface area contributed by atoms with Crippen LogP contribution in [0.25, 0.3) is 0 Å². The van der Waals surface area contributed by atoms with E-state index >= 15 is 0 Å². The number of aromatic nitrogens is 2. The minimum absolute atomic E-state index is 0.635. The summed E-state index contributed by atoms with van der Waals surface area (Å²) in [6.45, 7) is 8.43. The highest BCUT2D eigenvalue weighted by molar-refractivity contribution is 4.90. The van der Waals surface area contributed by atoms with E-state index < -0.39 is 0 Å². The van der Waals surface area contributed by atoms with E-state index in [2.05, 4.69) is 34.2 Å². The van der Waals surface area contributed by atoms with E-state index in [-0.39, 0.29) is 0 Å². The molecular formula is C13H24N4O. The van der Waals surface area contributed by atoms with Gasteiger partial charge in [-0.05, 0) is 19.4 Å². The summed E-state index contributed by atoms with van der Waals surface area (Å²) in [6, 6.07) is 0.635. The molecule has 0 aromatic carbocycles. The molecule has 1 fully saturated rings. The standard InChI is InChI=1S/C13H24N4O/c1-3-5-6-12-15-13(18-16-12)10-17(7-4-2)11-8-14-9-11/h11,14H,3-10H2,1-2H3. The largest absolute Gasteiger partial charge is 0.338 e. The molecule has 0 spiro atoms. The molecule has 5 nitrogen and oxygen atoms in total. The molecule has 0 aliphatic carbocycles. The number of hydrogen-bond acceptors (Lipinski definition) is 5. The summed E-state index contributed by atoms with van der Waals surface area (Å²) in [5, 5.41) is 7.35. The molecule has 2 rings (SSSR count). The number of hydrogen-bond donors (Lipinski definition) is 1. The van der Waals surface area contributed by atoms with Crippen LogP contribution in [-0.2, 0) is 13.0 Å². The van der Waals surface area contributed by atoms with Crippen molar-refractivity contribution in [2.75, 3.05) is 19.6 Å². The number of nitrogens with one attached hydrogen (secondary N) is 1. The minimum Gasteiger partial charge on any atom is -0.338 e. The van der Waals surface area contributed by atoms with Crippen LogP contribution in [0, 0.1) is 0 Å². The van der Waals surface area contributed by atoms with Gasteiger partial charge in [0.05, 0.1) is 6.54 Å². The van der Waals surface area contributed by atoms with Crippen molar-refractivity contribution >= 4 is 0 Å². The van der Waals surface area contributed by atoms with Gasteiger partial charge in [-0.15, -0.1) is 0 Å². The Morgan fingerprint density at radius 3 is 2.78 bits per heavy atom. The van der Waals surface area contributed by atoms with Gasteiger partial charge in [0.1, 0.15) is 0 Å². The average molecular weight is 252 g/mol. The van der Waals surface area contributed by atoms with Crippen molar-refractivity contribution in [2.45, 2.75) is 52.1 Å². The molecule has 0 unspecified atom stereocenters. The monoisotopic (exact) mass is 252 g/mol. The van der Waals surface area contributed by atoms with Crippen molar-refractivity contribution in [3.8, 4) is 0 Å². The predicted octanol–water partition coefficient (Wildman–Crippen LogP) is 1.60. The molecule has 0 bridgehead atoms. The highest BCUT2D eigenvalue weighted by Crippen LogP contribution is 2.11. The molecule has 18 heavy (non-hydrogen) atoms. The van der Waals surface area contributed by atoms with Gasteiger partial charge in [0.25, 0.3) is 0 Å². The summed E-state index contributed by atoms with van der Waals surface area (Å²) >= 11 is 0. The quantitative estimate of drug-likeness (QED) is 0.761. The van der Waals surface area contributed by atoms with E-state index in [0.717, 1.165) is 57.2 Å². The van der Waals surface area contributed by atoms with Gasteiger partial charge in [-0.1, -0.05) is 25.4 Å². The van der Waals surface area contributed by atoms with Gasteiger partial charge in [0.2, 0.25) is 5.89 Å². The summed E-state index contributed by atoms with van der Waals surface area (Å²) in [6.07, 6.45) is 4.38. The van der Waals surface area contributed by atoms with Gasteiger partial charge < -0.3 is 9.84 Å². The van der Waals surface area contributed by atoms with Gasteiger partial charge in [0, 0.05) is 25.6 Å². The second-order valence-corrected chi connectivity index (χ2v) is 4.99. The van der Waals surface area contributed by atoms with Crippen molar-refractivity contribution in [2.24, 2.45) is 0 Å². The second-order valence-electron chi connectivity index (χ2n) is 4.99. The highest BCUT2D eigenvalue weighted by Gasteiger charge is 2.25. The lowest BCUT2D eigenvalue weighted by atomic mass is 10.1. The third kappa shape index (κ3) is 3.53. The van der Waals surface area contributed by atoms with Gasteiger partial charge in [-0.25, -0.2) is 0 Å². The van der Waals surface area contributed by atoms with Crippen LogP contribution in [0.2, 0.25) is 0 Å². The molecule has 1 N–H and O–H groups in total. The zero-order valence-corrected chi connectivity index (χ0v) is 11.5. The Morgan fingerprint density at radius 1 is 1.33 bits per heavy atom. The summed E-state index contributed by atoms with van der Waals surface area (Å²) in [5.41, 5.74) is 0. The fourth-order valence-corrected chi connectivity index (χ4v) is 2.17. The van der Waals surface area contributed by atoms with Crippen LogP contribution in [0.3, 0.4) is 0 Å². The topological polar surface area (TPSA) is 54.2 Å². The maximum absolute atomic E-state index is 5.33. The molecular weight excluding hydrogens is 228 g/mol. The molecule has 1 aromatic rings. The Bertz CT molecular complexity index is 349. The summed E-state index contributed by atoms with van der Waals surface area (Å²) in [5.74, 6) is 1.62. The molecule has 0 atom stereocenters. The molecule has 1 saturated heterocycles. The van der Waals surface area contributed by atoms with Gasteiger partial charge in [-0.2, -0.15) is 4.98 Å². The number of nitrogens with zero attached hydrogens (tertiary/aromatic N) is 3. The normalized spacial score (nSPS) is 16.2. The zero-order chi connectivity index (χ0) is 12.8. The summed E-state index contributed by atoms with van der Waals surface area (Å²) < 4.78 is 5.33. The number of rotatable bonds is 8. The molecule has 2 heterocycles. The second kappa shape index (κ2) is 6.85. The lowest BCUT2D eigenvalue weighted by Crippen LogP contribution is -2.57. The van der Waals surface area contributed by atoms with Crippen LogP contribution in [-0.4, -0.2) is 40.7 Å². The van der Waals surface area contributed by atoms with Crippen molar-refractivity contribution in [1.82, 2.24) is 20.4 Å². The van der Waals surface area contributed by atoms with Crippen molar-refractivity contribution in [3.63, 3.8) is 0 Å². The van der Waals surface area contributed by atoms with E-state index in [1.54, 1.807) is 0 Å². The van der Waals surface area contributed by atoms with E-state index in [0.29, 0.717) is 6.04 Å². The fourth-order valence-electron chi connectivity index (χ4n) is 2.17. The van der Waals surface area contributed by atoms with Crippen molar-refractivity contribution in [3.05, 3.63) is 11.7 Å². The first-order valence-electron chi connectivity index (χ1n) is 7.09. The van der Waals surface area contributed by atoms with Crippen LogP contribution in [0.4, 0.5) is 0 Å². The fraction of sp³-hybridized carbons (Fsp3) is 0.846. The SMILES string of the molecule is CCCCc1noc(CN(CCC)C2CNC2)n1. The highest BCUT2D eigenvalue weighted by atomic mass is 16.5. The number of aryl methyl sites for hydroxylation is 1. The Labute approximate surface area is 109 Å². The molecule has 1 aliphatic heterocycles. The van der Waals surface area contributed by atoms with E-state index in [1.165, 1.54) is 6.42 Å². The number of unbranched alkanes of at least 4 members (excludes halogenated alkanes) is 1.